The molecule has 0 radical (unpaired) electrons. The maximum atomic E-state index is 12.6. The van der Waals surface area contributed by atoms with Crippen LogP contribution in [0, 0.1) is 6.92 Å². The molecule has 0 aliphatic rings. The molecule has 0 atom stereocenters. The van der Waals surface area contributed by atoms with Gasteiger partial charge in [-0.25, -0.2) is 19.2 Å². The summed E-state index contributed by atoms with van der Waals surface area (Å²) in [6.45, 7) is 9.35. The van der Waals surface area contributed by atoms with Gasteiger partial charge in [0.2, 0.25) is 0 Å². The largest absolute Gasteiger partial charge is 0.494 e. The molecule has 0 bridgehead atoms. The number of benzene rings is 3. The molecule has 0 amide bonds. The molecule has 0 fully saturated rings. The Kier molecular flexibility index (Phi) is 13.2. The van der Waals surface area contributed by atoms with Crippen LogP contribution in [0.15, 0.2) is 98.1 Å². The van der Waals surface area contributed by atoms with Crippen LogP contribution < -0.4 is 18.9 Å². The molecule has 9 heteroatoms. The molecular formula is C35H34O9. The van der Waals surface area contributed by atoms with Crippen molar-refractivity contribution >= 4 is 30.0 Å². The zero-order chi connectivity index (χ0) is 31.7. The minimum Gasteiger partial charge on any atom is -0.494 e. The van der Waals surface area contributed by atoms with E-state index in [1.807, 2.05) is 0 Å². The van der Waals surface area contributed by atoms with Gasteiger partial charge in [-0.3, -0.25) is 0 Å². The fourth-order valence-electron chi connectivity index (χ4n) is 3.74. The normalized spacial score (nSPS) is 10.5. The molecule has 9 nitrogen and oxygen atoms in total. The zero-order valence-corrected chi connectivity index (χ0v) is 24.5. The summed E-state index contributed by atoms with van der Waals surface area (Å²) in [6, 6.07) is 17.9. The zero-order valence-electron chi connectivity index (χ0n) is 24.5. The van der Waals surface area contributed by atoms with Crippen LogP contribution >= 0.6 is 0 Å². The number of carbonyl (C=O) groups excluding carboxylic acids is 4. The number of esters is 4. The Bertz CT molecular complexity index is 1490. The summed E-state index contributed by atoms with van der Waals surface area (Å²) in [5.41, 5.74) is 1.67. The van der Waals surface area contributed by atoms with E-state index in [2.05, 4.69) is 13.2 Å². The molecule has 0 unspecified atom stereocenters. The van der Waals surface area contributed by atoms with Crippen LogP contribution in [0.1, 0.15) is 47.2 Å². The number of ether oxygens (including phenoxy) is 5. The molecule has 0 aromatic heterocycles. The highest BCUT2D eigenvalue weighted by atomic mass is 16.5. The molecule has 0 aliphatic heterocycles. The highest BCUT2D eigenvalue weighted by Crippen LogP contribution is 2.25. The Balaban J connectivity index is 1.41. The molecule has 0 aliphatic carbocycles. The monoisotopic (exact) mass is 598 g/mol. The van der Waals surface area contributed by atoms with Crippen LogP contribution in [0.5, 0.6) is 23.0 Å². The fourth-order valence-corrected chi connectivity index (χ4v) is 3.74. The van der Waals surface area contributed by atoms with Gasteiger partial charge < -0.3 is 23.7 Å². The first-order valence-electron chi connectivity index (χ1n) is 14.0. The third kappa shape index (κ3) is 11.4. The van der Waals surface area contributed by atoms with Crippen LogP contribution in [0.25, 0.3) is 6.08 Å². The van der Waals surface area contributed by atoms with Crippen molar-refractivity contribution in [3.05, 3.63) is 115 Å². The summed E-state index contributed by atoms with van der Waals surface area (Å²) in [6.07, 6.45) is 8.57. The summed E-state index contributed by atoms with van der Waals surface area (Å²) in [5.74, 6) is -0.463. The maximum absolute atomic E-state index is 12.6. The van der Waals surface area contributed by atoms with Gasteiger partial charge in [-0.1, -0.05) is 25.3 Å². The molecule has 0 saturated heterocycles. The molecule has 44 heavy (non-hydrogen) atoms. The van der Waals surface area contributed by atoms with Crippen molar-refractivity contribution in [2.75, 3.05) is 13.2 Å². The smallest absolute Gasteiger partial charge is 0.343 e. The van der Waals surface area contributed by atoms with Crippen molar-refractivity contribution in [1.29, 1.82) is 0 Å². The number of rotatable bonds is 16. The summed E-state index contributed by atoms with van der Waals surface area (Å²) < 4.78 is 26.6. The first kappa shape index (κ1) is 33.1. The van der Waals surface area contributed by atoms with Crippen molar-refractivity contribution < 1.29 is 42.9 Å². The van der Waals surface area contributed by atoms with Crippen molar-refractivity contribution in [1.82, 2.24) is 0 Å². The highest BCUT2D eigenvalue weighted by molar-refractivity contribution is 5.91. The standard InChI is InChI=1S/C35H34O9/c1-4-32(36)41-23-9-7-6-8-22-40-28-17-13-27(14-18-28)35(39)43-30-19-20-31(25(3)24-30)44-34(38)21-12-26-10-15-29(16-11-26)42-33(37)5-2/h4-5,10-21,24H,1-2,6-9,22-23H2,3H3/b21-12+. The molecule has 0 heterocycles. The van der Waals surface area contributed by atoms with Crippen LogP contribution in [0.4, 0.5) is 0 Å². The Morgan fingerprint density at radius 1 is 0.659 bits per heavy atom. The molecule has 228 valence electrons. The highest BCUT2D eigenvalue weighted by Gasteiger charge is 2.12. The minimum atomic E-state index is -0.589. The molecule has 3 aromatic rings. The Labute approximate surface area is 256 Å². The van der Waals surface area contributed by atoms with Gasteiger partial charge in [-0.15, -0.1) is 0 Å². The molecule has 0 spiro atoms. The van der Waals surface area contributed by atoms with E-state index in [1.54, 1.807) is 79.7 Å². The van der Waals surface area contributed by atoms with Gasteiger partial charge in [0.15, 0.2) is 0 Å². The second-order valence-electron chi connectivity index (χ2n) is 9.42. The Morgan fingerprint density at radius 3 is 1.95 bits per heavy atom. The van der Waals surface area contributed by atoms with E-state index in [0.717, 1.165) is 37.8 Å². The Morgan fingerprint density at radius 2 is 1.30 bits per heavy atom. The molecule has 3 rings (SSSR count). The van der Waals surface area contributed by atoms with Gasteiger partial charge in [0.1, 0.15) is 23.0 Å². The van der Waals surface area contributed by atoms with Gasteiger partial charge in [0.05, 0.1) is 18.8 Å². The number of hydrogen-bond acceptors (Lipinski definition) is 9. The van der Waals surface area contributed by atoms with Gasteiger partial charge in [-0.2, -0.15) is 0 Å². The lowest BCUT2D eigenvalue weighted by Gasteiger charge is -2.10. The first-order chi connectivity index (χ1) is 21.3. The van der Waals surface area contributed by atoms with E-state index < -0.39 is 23.9 Å². The van der Waals surface area contributed by atoms with Gasteiger partial charge in [0, 0.05) is 18.2 Å². The quantitative estimate of drug-likeness (QED) is 0.0779. The first-order valence-corrected chi connectivity index (χ1v) is 14.0. The third-order valence-corrected chi connectivity index (χ3v) is 6.05. The number of aryl methyl sites for hydroxylation is 1. The van der Waals surface area contributed by atoms with Crippen LogP contribution in [-0.4, -0.2) is 37.1 Å². The average molecular weight is 599 g/mol. The topological polar surface area (TPSA) is 114 Å². The van der Waals surface area contributed by atoms with Crippen molar-refractivity contribution in [2.24, 2.45) is 0 Å². The summed E-state index contributed by atoms with van der Waals surface area (Å²) in [5, 5.41) is 0. The van der Waals surface area contributed by atoms with E-state index in [0.29, 0.717) is 52.9 Å². The number of unbranched alkanes of at least 4 members (excludes halogenated alkanes) is 3. The number of hydrogen-bond donors (Lipinski definition) is 0. The SMILES string of the molecule is C=CC(=O)OCCCCCCOc1ccc(C(=O)Oc2ccc(OC(=O)/C=C/c3ccc(OC(=O)C=C)cc3)c(C)c2)cc1. The average Bonchev–Trinajstić information content (AvgIpc) is 3.03. The third-order valence-electron chi connectivity index (χ3n) is 6.05. The summed E-state index contributed by atoms with van der Waals surface area (Å²) in [7, 11) is 0. The predicted octanol–water partition coefficient (Wildman–Crippen LogP) is 6.59. The lowest BCUT2D eigenvalue weighted by Crippen LogP contribution is -2.09. The lowest BCUT2D eigenvalue weighted by molar-refractivity contribution is -0.138. The lowest BCUT2D eigenvalue weighted by atomic mass is 10.2. The maximum Gasteiger partial charge on any atom is 0.343 e. The van der Waals surface area contributed by atoms with E-state index in [4.69, 9.17) is 23.7 Å². The van der Waals surface area contributed by atoms with Crippen molar-refractivity contribution in [2.45, 2.75) is 32.6 Å². The van der Waals surface area contributed by atoms with E-state index >= 15 is 0 Å². The molecule has 3 aromatic carbocycles. The van der Waals surface area contributed by atoms with Crippen LogP contribution in [-0.2, 0) is 19.1 Å². The molecule has 0 N–H and O–H groups in total. The van der Waals surface area contributed by atoms with E-state index in [1.165, 1.54) is 6.08 Å². The van der Waals surface area contributed by atoms with Crippen LogP contribution in [0.2, 0.25) is 0 Å². The molecular weight excluding hydrogens is 564 g/mol. The van der Waals surface area contributed by atoms with Gasteiger partial charge in [0.25, 0.3) is 0 Å². The second-order valence-corrected chi connectivity index (χ2v) is 9.42. The molecule has 0 saturated carbocycles. The van der Waals surface area contributed by atoms with E-state index in [9.17, 15) is 19.2 Å². The van der Waals surface area contributed by atoms with Crippen molar-refractivity contribution in [3.63, 3.8) is 0 Å². The van der Waals surface area contributed by atoms with Crippen molar-refractivity contribution in [3.8, 4) is 23.0 Å². The van der Waals surface area contributed by atoms with E-state index in [-0.39, 0.29) is 0 Å². The summed E-state index contributed by atoms with van der Waals surface area (Å²) in [4.78, 5) is 47.2. The van der Waals surface area contributed by atoms with Gasteiger partial charge in [-0.05, 0) is 104 Å². The Hall–Kier alpha value is -5.44. The predicted molar refractivity (Wildman–Crippen MR) is 165 cm³/mol. The fraction of sp³-hybridized carbons (Fsp3) is 0.200. The second kappa shape index (κ2) is 17.5. The van der Waals surface area contributed by atoms with Gasteiger partial charge >= 0.3 is 23.9 Å². The minimum absolute atomic E-state index is 0.305. The summed E-state index contributed by atoms with van der Waals surface area (Å²) >= 11 is 0. The number of carbonyl (C=O) groups is 4. The van der Waals surface area contributed by atoms with Crippen LogP contribution in [0.3, 0.4) is 0 Å².